The molecular formula is C15H24. The Labute approximate surface area is 94.7 Å². The lowest BCUT2D eigenvalue weighted by molar-refractivity contribution is 0.773. The van der Waals surface area contributed by atoms with Crippen molar-refractivity contribution >= 4 is 0 Å². The molecule has 0 heterocycles. The molecule has 0 nitrogen and oxygen atoms in total. The molecule has 15 heavy (non-hydrogen) atoms. The summed E-state index contributed by atoms with van der Waals surface area (Å²) in [5.74, 6) is 0. The molecule has 0 aliphatic heterocycles. The van der Waals surface area contributed by atoms with Crippen LogP contribution < -0.4 is 0 Å². The van der Waals surface area contributed by atoms with Gasteiger partial charge in [-0.1, -0.05) is 44.9 Å². The predicted octanol–water partition coefficient (Wildman–Crippen LogP) is 4.68. The molecule has 0 saturated heterocycles. The van der Waals surface area contributed by atoms with E-state index < -0.39 is 0 Å². The third kappa shape index (κ3) is 3.70. The molecule has 0 spiro atoms. The van der Waals surface area contributed by atoms with Crippen LogP contribution >= 0.6 is 0 Å². The standard InChI is InChI=1S/C15H24/c1-4-6-9-14-11-8-12-15(13(14)3)10-7-5-2/h8,11-12H,4-7,9-10H2,1-3H3. The Kier molecular flexibility index (Phi) is 5.45. The van der Waals surface area contributed by atoms with Crippen molar-refractivity contribution in [2.45, 2.75) is 59.3 Å². The van der Waals surface area contributed by atoms with E-state index in [9.17, 15) is 0 Å². The molecule has 0 N–H and O–H groups in total. The third-order valence-corrected chi connectivity index (χ3v) is 3.16. The van der Waals surface area contributed by atoms with Crippen LogP contribution in [-0.2, 0) is 12.8 Å². The molecule has 0 fully saturated rings. The van der Waals surface area contributed by atoms with Crippen molar-refractivity contribution in [3.63, 3.8) is 0 Å². The minimum absolute atomic E-state index is 1.25. The number of hydrogen-bond acceptors (Lipinski definition) is 0. The van der Waals surface area contributed by atoms with E-state index in [1.807, 2.05) is 0 Å². The molecule has 0 bridgehead atoms. The Balaban J connectivity index is 2.71. The summed E-state index contributed by atoms with van der Waals surface area (Å²) in [5, 5.41) is 0. The highest BCUT2D eigenvalue weighted by Gasteiger charge is 2.02. The summed E-state index contributed by atoms with van der Waals surface area (Å²) < 4.78 is 0. The fraction of sp³-hybridized carbons (Fsp3) is 0.600. The molecule has 0 unspecified atom stereocenters. The van der Waals surface area contributed by atoms with Crippen LogP contribution in [0.25, 0.3) is 0 Å². The number of aryl methyl sites for hydroxylation is 2. The first-order chi connectivity index (χ1) is 7.29. The van der Waals surface area contributed by atoms with Crippen molar-refractivity contribution in [1.82, 2.24) is 0 Å². The molecule has 0 aliphatic rings. The van der Waals surface area contributed by atoms with Gasteiger partial charge in [-0.25, -0.2) is 0 Å². The van der Waals surface area contributed by atoms with Gasteiger partial charge in [0.25, 0.3) is 0 Å². The highest BCUT2D eigenvalue weighted by atomic mass is 14.1. The third-order valence-electron chi connectivity index (χ3n) is 3.16. The largest absolute Gasteiger partial charge is 0.0654 e. The zero-order chi connectivity index (χ0) is 11.1. The first kappa shape index (κ1) is 12.3. The maximum absolute atomic E-state index is 2.29. The van der Waals surface area contributed by atoms with E-state index in [0.29, 0.717) is 0 Å². The number of rotatable bonds is 6. The molecule has 1 aromatic rings. The van der Waals surface area contributed by atoms with Crippen molar-refractivity contribution in [3.05, 3.63) is 34.9 Å². The second-order valence-electron chi connectivity index (χ2n) is 4.41. The van der Waals surface area contributed by atoms with Crippen LogP contribution in [0.4, 0.5) is 0 Å². The average Bonchev–Trinajstić information content (AvgIpc) is 2.26. The molecule has 0 amide bonds. The van der Waals surface area contributed by atoms with Gasteiger partial charge in [0, 0.05) is 0 Å². The summed E-state index contributed by atoms with van der Waals surface area (Å²) in [6.07, 6.45) is 7.72. The first-order valence-electron chi connectivity index (χ1n) is 6.37. The smallest absolute Gasteiger partial charge is 0.0276 e. The Hall–Kier alpha value is -0.780. The van der Waals surface area contributed by atoms with Gasteiger partial charge in [-0.3, -0.25) is 0 Å². The minimum atomic E-state index is 1.25. The maximum Gasteiger partial charge on any atom is -0.0276 e. The summed E-state index contributed by atoms with van der Waals surface area (Å²) in [6, 6.07) is 6.81. The molecule has 1 aromatic carbocycles. The fourth-order valence-corrected chi connectivity index (χ4v) is 2.01. The highest BCUT2D eigenvalue weighted by Crippen LogP contribution is 2.17. The first-order valence-corrected chi connectivity index (χ1v) is 6.37. The molecule has 84 valence electrons. The molecule has 0 atom stereocenters. The van der Waals surface area contributed by atoms with E-state index >= 15 is 0 Å². The van der Waals surface area contributed by atoms with Crippen molar-refractivity contribution in [2.24, 2.45) is 0 Å². The lowest BCUT2D eigenvalue weighted by Gasteiger charge is -2.10. The van der Waals surface area contributed by atoms with Crippen molar-refractivity contribution < 1.29 is 0 Å². The molecule has 1 rings (SSSR count). The van der Waals surface area contributed by atoms with E-state index in [2.05, 4.69) is 39.0 Å². The lowest BCUT2D eigenvalue weighted by atomic mass is 9.95. The topological polar surface area (TPSA) is 0 Å². The predicted molar refractivity (Wildman–Crippen MR) is 68.4 cm³/mol. The SMILES string of the molecule is CCCCc1cccc(CCCC)c1C. The van der Waals surface area contributed by atoms with Crippen LogP contribution in [0.1, 0.15) is 56.2 Å². The van der Waals surface area contributed by atoms with Crippen LogP contribution in [0.3, 0.4) is 0 Å². The molecule has 0 aliphatic carbocycles. The molecule has 0 aromatic heterocycles. The summed E-state index contributed by atoms with van der Waals surface area (Å²) in [4.78, 5) is 0. The molecule has 0 heteroatoms. The zero-order valence-corrected chi connectivity index (χ0v) is 10.5. The van der Waals surface area contributed by atoms with E-state index in [1.165, 1.54) is 38.5 Å². The number of unbranched alkanes of at least 4 members (excludes halogenated alkanes) is 2. The van der Waals surface area contributed by atoms with E-state index in [0.717, 1.165) is 0 Å². The van der Waals surface area contributed by atoms with Gasteiger partial charge >= 0.3 is 0 Å². The molecular weight excluding hydrogens is 180 g/mol. The van der Waals surface area contributed by atoms with Gasteiger partial charge in [0.05, 0.1) is 0 Å². The monoisotopic (exact) mass is 204 g/mol. The van der Waals surface area contributed by atoms with Gasteiger partial charge in [0.2, 0.25) is 0 Å². The Morgan fingerprint density at radius 3 is 1.73 bits per heavy atom. The van der Waals surface area contributed by atoms with Gasteiger partial charge in [-0.05, 0) is 49.3 Å². The van der Waals surface area contributed by atoms with Crippen LogP contribution in [0.15, 0.2) is 18.2 Å². The van der Waals surface area contributed by atoms with Gasteiger partial charge in [-0.15, -0.1) is 0 Å². The van der Waals surface area contributed by atoms with Crippen molar-refractivity contribution in [1.29, 1.82) is 0 Å². The lowest BCUT2D eigenvalue weighted by Crippen LogP contribution is -1.96. The summed E-state index contributed by atoms with van der Waals surface area (Å²) in [7, 11) is 0. The summed E-state index contributed by atoms with van der Waals surface area (Å²) in [5.41, 5.74) is 4.66. The Morgan fingerprint density at radius 1 is 0.867 bits per heavy atom. The second-order valence-corrected chi connectivity index (χ2v) is 4.41. The number of hydrogen-bond donors (Lipinski definition) is 0. The average molecular weight is 204 g/mol. The Morgan fingerprint density at radius 2 is 1.33 bits per heavy atom. The quantitative estimate of drug-likeness (QED) is 0.631. The van der Waals surface area contributed by atoms with Gasteiger partial charge in [-0.2, -0.15) is 0 Å². The van der Waals surface area contributed by atoms with Gasteiger partial charge < -0.3 is 0 Å². The van der Waals surface area contributed by atoms with Crippen molar-refractivity contribution in [2.75, 3.05) is 0 Å². The minimum Gasteiger partial charge on any atom is -0.0654 e. The van der Waals surface area contributed by atoms with Gasteiger partial charge in [0.1, 0.15) is 0 Å². The van der Waals surface area contributed by atoms with E-state index in [4.69, 9.17) is 0 Å². The summed E-state index contributed by atoms with van der Waals surface area (Å²) >= 11 is 0. The molecule has 0 radical (unpaired) electrons. The van der Waals surface area contributed by atoms with E-state index in [1.54, 1.807) is 16.7 Å². The van der Waals surface area contributed by atoms with Gasteiger partial charge in [0.15, 0.2) is 0 Å². The maximum atomic E-state index is 2.29. The molecule has 0 saturated carbocycles. The van der Waals surface area contributed by atoms with Crippen LogP contribution in [0, 0.1) is 6.92 Å². The highest BCUT2D eigenvalue weighted by molar-refractivity contribution is 5.34. The van der Waals surface area contributed by atoms with Crippen LogP contribution in [0.2, 0.25) is 0 Å². The normalized spacial score (nSPS) is 10.6. The fourth-order valence-electron chi connectivity index (χ4n) is 2.01. The van der Waals surface area contributed by atoms with E-state index in [-0.39, 0.29) is 0 Å². The summed E-state index contributed by atoms with van der Waals surface area (Å²) in [6.45, 7) is 6.81. The van der Waals surface area contributed by atoms with Crippen molar-refractivity contribution in [3.8, 4) is 0 Å². The van der Waals surface area contributed by atoms with Crippen LogP contribution in [0.5, 0.6) is 0 Å². The second kappa shape index (κ2) is 6.66. The van der Waals surface area contributed by atoms with Crippen LogP contribution in [-0.4, -0.2) is 0 Å². The number of benzene rings is 1. The zero-order valence-electron chi connectivity index (χ0n) is 10.5. The Bertz CT molecular complexity index is 260.